The molecule has 0 bridgehead atoms. The fourth-order valence-corrected chi connectivity index (χ4v) is 2.76. The number of benzene rings is 1. The standard InChI is InChI=1S/C13H13BrFN3OS/c1-7-4-9(15)8(14)5-10(7)18-13(19)11-6-20-12(17-11)2-3-16/h4-6H,2-3,16H2,1H3,(H,18,19). The van der Waals surface area contributed by atoms with Crippen molar-refractivity contribution in [3.63, 3.8) is 0 Å². The smallest absolute Gasteiger partial charge is 0.275 e. The van der Waals surface area contributed by atoms with E-state index in [4.69, 9.17) is 5.73 Å². The van der Waals surface area contributed by atoms with Gasteiger partial charge in [0.15, 0.2) is 0 Å². The molecule has 0 spiro atoms. The minimum atomic E-state index is -0.362. The SMILES string of the molecule is Cc1cc(F)c(Br)cc1NC(=O)c1csc(CCN)n1. The van der Waals surface area contributed by atoms with Crippen molar-refractivity contribution in [1.29, 1.82) is 0 Å². The maximum atomic E-state index is 13.3. The Labute approximate surface area is 128 Å². The molecule has 1 aromatic carbocycles. The number of hydrogen-bond acceptors (Lipinski definition) is 4. The zero-order valence-electron chi connectivity index (χ0n) is 10.7. The largest absolute Gasteiger partial charge is 0.330 e. The number of amides is 1. The van der Waals surface area contributed by atoms with Crippen LogP contribution in [0.15, 0.2) is 22.0 Å². The molecule has 0 unspecified atom stereocenters. The van der Waals surface area contributed by atoms with E-state index in [2.05, 4.69) is 26.2 Å². The van der Waals surface area contributed by atoms with Crippen LogP contribution in [0.25, 0.3) is 0 Å². The van der Waals surface area contributed by atoms with Crippen LogP contribution in [-0.2, 0) is 6.42 Å². The number of aryl methyl sites for hydroxylation is 1. The van der Waals surface area contributed by atoms with Crippen LogP contribution >= 0.6 is 27.3 Å². The van der Waals surface area contributed by atoms with Gasteiger partial charge in [0.25, 0.3) is 5.91 Å². The second-order valence-corrected chi connectivity index (χ2v) is 6.00. The molecule has 106 valence electrons. The molecule has 1 aromatic heterocycles. The van der Waals surface area contributed by atoms with Gasteiger partial charge in [0.1, 0.15) is 11.5 Å². The second kappa shape index (κ2) is 6.43. The van der Waals surface area contributed by atoms with Gasteiger partial charge in [0.2, 0.25) is 0 Å². The highest BCUT2D eigenvalue weighted by Gasteiger charge is 2.13. The van der Waals surface area contributed by atoms with Crippen LogP contribution in [0.3, 0.4) is 0 Å². The molecule has 0 radical (unpaired) electrons. The molecule has 0 atom stereocenters. The maximum absolute atomic E-state index is 13.3. The lowest BCUT2D eigenvalue weighted by Gasteiger charge is -2.08. The summed E-state index contributed by atoms with van der Waals surface area (Å²) in [5, 5.41) is 5.24. The van der Waals surface area contributed by atoms with Gasteiger partial charge in [0, 0.05) is 17.5 Å². The van der Waals surface area contributed by atoms with Crippen LogP contribution in [0.5, 0.6) is 0 Å². The molecular formula is C13H13BrFN3OS. The maximum Gasteiger partial charge on any atom is 0.275 e. The van der Waals surface area contributed by atoms with Crippen LogP contribution in [0.2, 0.25) is 0 Å². The van der Waals surface area contributed by atoms with Gasteiger partial charge in [-0.05, 0) is 47.1 Å². The molecule has 7 heteroatoms. The fourth-order valence-electron chi connectivity index (χ4n) is 1.62. The Morgan fingerprint density at radius 2 is 2.30 bits per heavy atom. The summed E-state index contributed by atoms with van der Waals surface area (Å²) < 4.78 is 13.6. The van der Waals surface area contributed by atoms with Gasteiger partial charge in [-0.2, -0.15) is 0 Å². The number of carbonyl (C=O) groups excluding carboxylic acids is 1. The van der Waals surface area contributed by atoms with E-state index in [1.165, 1.54) is 23.5 Å². The van der Waals surface area contributed by atoms with Crippen molar-refractivity contribution in [3.05, 3.63) is 44.1 Å². The number of nitrogens with one attached hydrogen (secondary N) is 1. The highest BCUT2D eigenvalue weighted by atomic mass is 79.9. The predicted molar refractivity (Wildman–Crippen MR) is 81.7 cm³/mol. The number of thiazole rings is 1. The number of aromatic nitrogens is 1. The molecule has 0 aliphatic carbocycles. The van der Waals surface area contributed by atoms with Gasteiger partial charge in [-0.25, -0.2) is 9.37 Å². The number of rotatable bonds is 4. The lowest BCUT2D eigenvalue weighted by molar-refractivity contribution is 0.102. The van der Waals surface area contributed by atoms with Gasteiger partial charge in [0.05, 0.1) is 9.48 Å². The number of nitrogens with zero attached hydrogens (tertiary/aromatic N) is 1. The molecular weight excluding hydrogens is 345 g/mol. The summed E-state index contributed by atoms with van der Waals surface area (Å²) in [6.07, 6.45) is 0.652. The Morgan fingerprint density at radius 1 is 1.55 bits per heavy atom. The summed E-state index contributed by atoms with van der Waals surface area (Å²) in [5.74, 6) is -0.675. The summed E-state index contributed by atoms with van der Waals surface area (Å²) in [7, 11) is 0. The fraction of sp³-hybridized carbons (Fsp3) is 0.231. The van der Waals surface area contributed by atoms with Crippen molar-refractivity contribution in [2.75, 3.05) is 11.9 Å². The van der Waals surface area contributed by atoms with E-state index in [9.17, 15) is 9.18 Å². The predicted octanol–water partition coefficient (Wildman–Crippen LogP) is 3.11. The minimum Gasteiger partial charge on any atom is -0.330 e. The quantitative estimate of drug-likeness (QED) is 0.883. The van der Waals surface area contributed by atoms with E-state index in [-0.39, 0.29) is 11.7 Å². The molecule has 0 fully saturated rings. The molecule has 0 saturated carbocycles. The van der Waals surface area contributed by atoms with Crippen molar-refractivity contribution >= 4 is 38.9 Å². The van der Waals surface area contributed by atoms with Crippen LogP contribution in [0.4, 0.5) is 10.1 Å². The van der Waals surface area contributed by atoms with Crippen LogP contribution in [0, 0.1) is 12.7 Å². The number of carbonyl (C=O) groups is 1. The zero-order valence-corrected chi connectivity index (χ0v) is 13.1. The molecule has 1 amide bonds. The third-order valence-electron chi connectivity index (χ3n) is 2.66. The molecule has 2 rings (SSSR count). The van der Waals surface area contributed by atoms with Gasteiger partial charge in [-0.3, -0.25) is 4.79 Å². The van der Waals surface area contributed by atoms with Crippen molar-refractivity contribution in [2.45, 2.75) is 13.3 Å². The number of nitrogens with two attached hydrogens (primary N) is 1. The van der Waals surface area contributed by atoms with Crippen molar-refractivity contribution in [3.8, 4) is 0 Å². The van der Waals surface area contributed by atoms with E-state index in [0.717, 1.165) is 5.01 Å². The van der Waals surface area contributed by atoms with Gasteiger partial charge < -0.3 is 11.1 Å². The Morgan fingerprint density at radius 3 is 3.00 bits per heavy atom. The van der Waals surface area contributed by atoms with Crippen LogP contribution < -0.4 is 11.1 Å². The lowest BCUT2D eigenvalue weighted by atomic mass is 10.2. The van der Waals surface area contributed by atoms with Crippen LogP contribution in [-0.4, -0.2) is 17.4 Å². The molecule has 4 nitrogen and oxygen atoms in total. The van der Waals surface area contributed by atoms with E-state index in [1.54, 1.807) is 12.3 Å². The van der Waals surface area contributed by atoms with Crippen LogP contribution in [0.1, 0.15) is 21.1 Å². The third-order valence-corrected chi connectivity index (χ3v) is 4.17. The van der Waals surface area contributed by atoms with Gasteiger partial charge in [-0.15, -0.1) is 11.3 Å². The molecule has 0 saturated heterocycles. The van der Waals surface area contributed by atoms with E-state index in [1.807, 2.05) is 0 Å². The van der Waals surface area contributed by atoms with Crippen molar-refractivity contribution in [2.24, 2.45) is 5.73 Å². The van der Waals surface area contributed by atoms with Gasteiger partial charge in [-0.1, -0.05) is 0 Å². The highest BCUT2D eigenvalue weighted by Crippen LogP contribution is 2.24. The summed E-state index contributed by atoms with van der Waals surface area (Å²) in [5.41, 5.74) is 6.99. The van der Waals surface area contributed by atoms with Crippen molar-refractivity contribution < 1.29 is 9.18 Å². The van der Waals surface area contributed by atoms with E-state index in [0.29, 0.717) is 34.4 Å². The molecule has 20 heavy (non-hydrogen) atoms. The molecule has 3 N–H and O–H groups in total. The Kier molecular flexibility index (Phi) is 4.85. The summed E-state index contributed by atoms with van der Waals surface area (Å²) in [4.78, 5) is 16.3. The van der Waals surface area contributed by atoms with Gasteiger partial charge >= 0.3 is 0 Å². The number of hydrogen-bond donors (Lipinski definition) is 2. The van der Waals surface area contributed by atoms with E-state index >= 15 is 0 Å². The average Bonchev–Trinajstić information content (AvgIpc) is 2.85. The summed E-state index contributed by atoms with van der Waals surface area (Å²) in [6, 6.07) is 2.90. The monoisotopic (exact) mass is 357 g/mol. The first-order valence-electron chi connectivity index (χ1n) is 5.92. The first-order valence-corrected chi connectivity index (χ1v) is 7.60. The lowest BCUT2D eigenvalue weighted by Crippen LogP contribution is -2.14. The number of halogens is 2. The highest BCUT2D eigenvalue weighted by molar-refractivity contribution is 9.10. The second-order valence-electron chi connectivity index (χ2n) is 4.20. The Hall–Kier alpha value is -1.31. The first kappa shape index (κ1) is 15.1. The average molecular weight is 358 g/mol. The molecule has 2 aromatic rings. The van der Waals surface area contributed by atoms with Crippen molar-refractivity contribution in [1.82, 2.24) is 4.98 Å². The Balaban J connectivity index is 2.16. The summed E-state index contributed by atoms with van der Waals surface area (Å²) >= 11 is 4.50. The third kappa shape index (κ3) is 3.41. The topological polar surface area (TPSA) is 68.0 Å². The first-order chi connectivity index (χ1) is 9.51. The van der Waals surface area contributed by atoms with E-state index < -0.39 is 0 Å². The summed E-state index contributed by atoms with van der Waals surface area (Å²) in [6.45, 7) is 2.23. The number of anilines is 1. The molecule has 0 aliphatic heterocycles. The molecule has 1 heterocycles. The molecule has 0 aliphatic rings. The zero-order chi connectivity index (χ0) is 14.7. The Bertz CT molecular complexity index is 645. The minimum absolute atomic E-state index is 0.306. The normalized spacial score (nSPS) is 10.6.